The minimum Gasteiger partial charge on any atom is -0.389 e. The zero-order valence-corrected chi connectivity index (χ0v) is 12.5. The molecule has 1 aliphatic carbocycles. The first kappa shape index (κ1) is 14.5. The highest BCUT2D eigenvalue weighted by atomic mass is 32.2. The van der Waals surface area contributed by atoms with Crippen LogP contribution in [0.5, 0.6) is 0 Å². The number of rotatable bonds is 3. The van der Waals surface area contributed by atoms with Crippen LogP contribution >= 0.6 is 0 Å². The van der Waals surface area contributed by atoms with Gasteiger partial charge in [0, 0.05) is 34.9 Å². The summed E-state index contributed by atoms with van der Waals surface area (Å²) in [7, 11) is -0.593. The number of nitrogens with one attached hydrogen (secondary N) is 1. The van der Waals surface area contributed by atoms with Crippen molar-refractivity contribution in [3.05, 3.63) is 0 Å². The molecule has 1 aliphatic heterocycles. The minimum absolute atomic E-state index is 0.397. The molecule has 2 rings (SSSR count). The molecule has 0 radical (unpaired) electrons. The first-order valence-electron chi connectivity index (χ1n) is 7.19. The third kappa shape index (κ3) is 4.04. The highest BCUT2D eigenvalue weighted by molar-refractivity contribution is 7.85. The highest BCUT2D eigenvalue weighted by Gasteiger charge is 2.36. The van der Waals surface area contributed by atoms with Gasteiger partial charge in [-0.3, -0.25) is 4.21 Å². The summed E-state index contributed by atoms with van der Waals surface area (Å²) in [6.45, 7) is 5.29. The van der Waals surface area contributed by atoms with Crippen LogP contribution in [0, 0.1) is 5.41 Å². The van der Waals surface area contributed by atoms with Crippen molar-refractivity contribution in [2.75, 3.05) is 18.1 Å². The summed E-state index contributed by atoms with van der Waals surface area (Å²) < 4.78 is 11.3. The second-order valence-electron chi connectivity index (χ2n) is 6.89. The summed E-state index contributed by atoms with van der Waals surface area (Å²) in [5, 5.41) is 14.1. The SMILES string of the molecule is CC1(C)CCC(O)(CNC2CCS(=O)CC2)CC1. The molecular formula is C14H27NO2S. The molecule has 0 atom stereocenters. The van der Waals surface area contributed by atoms with Gasteiger partial charge in [0.15, 0.2) is 0 Å². The molecule has 18 heavy (non-hydrogen) atoms. The summed E-state index contributed by atoms with van der Waals surface area (Å²) in [5.74, 6) is 1.65. The molecule has 1 saturated carbocycles. The Morgan fingerprint density at radius 2 is 1.72 bits per heavy atom. The molecule has 4 heteroatoms. The van der Waals surface area contributed by atoms with Crippen LogP contribution in [-0.4, -0.2) is 39.0 Å². The molecule has 0 aromatic carbocycles. The van der Waals surface area contributed by atoms with Crippen molar-refractivity contribution in [2.24, 2.45) is 5.41 Å². The molecule has 1 heterocycles. The van der Waals surface area contributed by atoms with Crippen LogP contribution in [0.3, 0.4) is 0 Å². The molecule has 2 aliphatic rings. The van der Waals surface area contributed by atoms with Crippen molar-refractivity contribution in [2.45, 2.75) is 64.0 Å². The molecule has 0 aromatic heterocycles. The maximum Gasteiger partial charge on any atom is 0.0772 e. The summed E-state index contributed by atoms with van der Waals surface area (Å²) >= 11 is 0. The highest BCUT2D eigenvalue weighted by Crippen LogP contribution is 2.39. The molecule has 0 bridgehead atoms. The lowest BCUT2D eigenvalue weighted by molar-refractivity contribution is -0.0262. The van der Waals surface area contributed by atoms with E-state index >= 15 is 0 Å². The third-order valence-corrected chi connectivity index (χ3v) is 6.02. The second-order valence-corrected chi connectivity index (χ2v) is 8.59. The summed E-state index contributed by atoms with van der Waals surface area (Å²) in [4.78, 5) is 0. The van der Waals surface area contributed by atoms with Crippen LogP contribution in [0.4, 0.5) is 0 Å². The summed E-state index contributed by atoms with van der Waals surface area (Å²) in [6.07, 6.45) is 6.03. The molecule has 0 spiro atoms. The van der Waals surface area contributed by atoms with Crippen LogP contribution in [0.15, 0.2) is 0 Å². The van der Waals surface area contributed by atoms with E-state index < -0.39 is 16.4 Å². The van der Waals surface area contributed by atoms with Gasteiger partial charge >= 0.3 is 0 Å². The summed E-state index contributed by atoms with van der Waals surface area (Å²) in [6, 6.07) is 0.460. The van der Waals surface area contributed by atoms with Gasteiger partial charge in [-0.1, -0.05) is 13.8 Å². The topological polar surface area (TPSA) is 49.3 Å². The smallest absolute Gasteiger partial charge is 0.0772 e. The fourth-order valence-corrected chi connectivity index (χ4v) is 4.20. The first-order valence-corrected chi connectivity index (χ1v) is 8.68. The molecule has 2 fully saturated rings. The Kier molecular flexibility index (Phi) is 4.50. The van der Waals surface area contributed by atoms with Gasteiger partial charge in [0.05, 0.1) is 5.60 Å². The molecule has 0 aromatic rings. The number of hydrogen-bond acceptors (Lipinski definition) is 3. The van der Waals surface area contributed by atoms with Gasteiger partial charge in [-0.05, 0) is 43.9 Å². The molecule has 0 unspecified atom stereocenters. The van der Waals surface area contributed by atoms with Gasteiger partial charge in [0.1, 0.15) is 0 Å². The lowest BCUT2D eigenvalue weighted by Gasteiger charge is -2.41. The van der Waals surface area contributed by atoms with E-state index in [-0.39, 0.29) is 0 Å². The average molecular weight is 273 g/mol. The number of hydrogen-bond donors (Lipinski definition) is 2. The predicted octanol–water partition coefficient (Wildman–Crippen LogP) is 1.82. The largest absolute Gasteiger partial charge is 0.389 e. The molecule has 106 valence electrons. The normalized spacial score (nSPS) is 35.3. The van der Waals surface area contributed by atoms with E-state index in [0.29, 0.717) is 18.0 Å². The van der Waals surface area contributed by atoms with Crippen molar-refractivity contribution in [3.8, 4) is 0 Å². The van der Waals surface area contributed by atoms with Gasteiger partial charge in [-0.2, -0.15) is 0 Å². The summed E-state index contributed by atoms with van der Waals surface area (Å²) in [5.41, 5.74) is -0.111. The maximum absolute atomic E-state index is 11.3. The van der Waals surface area contributed by atoms with E-state index in [4.69, 9.17) is 0 Å². The van der Waals surface area contributed by atoms with Gasteiger partial charge < -0.3 is 10.4 Å². The van der Waals surface area contributed by atoms with Crippen molar-refractivity contribution in [3.63, 3.8) is 0 Å². The zero-order valence-electron chi connectivity index (χ0n) is 11.7. The fraction of sp³-hybridized carbons (Fsp3) is 1.00. The average Bonchev–Trinajstić information content (AvgIpc) is 2.33. The van der Waals surface area contributed by atoms with Gasteiger partial charge in [0.25, 0.3) is 0 Å². The Bertz CT molecular complexity index is 297. The van der Waals surface area contributed by atoms with E-state index in [9.17, 15) is 9.32 Å². The van der Waals surface area contributed by atoms with E-state index in [1.807, 2.05) is 0 Å². The predicted molar refractivity (Wildman–Crippen MR) is 76.1 cm³/mol. The van der Waals surface area contributed by atoms with Gasteiger partial charge in [-0.25, -0.2) is 0 Å². The van der Waals surface area contributed by atoms with Gasteiger partial charge in [-0.15, -0.1) is 0 Å². The van der Waals surface area contributed by atoms with Crippen LogP contribution in [0.1, 0.15) is 52.4 Å². The minimum atomic E-state index is -0.593. The Balaban J connectivity index is 1.74. The Hall–Kier alpha value is 0.0700. The van der Waals surface area contributed by atoms with Crippen LogP contribution in [-0.2, 0) is 10.8 Å². The quantitative estimate of drug-likeness (QED) is 0.824. The van der Waals surface area contributed by atoms with E-state index in [1.165, 1.54) is 0 Å². The molecule has 2 N–H and O–H groups in total. The molecule has 1 saturated heterocycles. The van der Waals surface area contributed by atoms with Crippen LogP contribution < -0.4 is 5.32 Å². The zero-order chi connectivity index (χ0) is 13.2. The van der Waals surface area contributed by atoms with E-state index in [0.717, 1.165) is 50.0 Å². The van der Waals surface area contributed by atoms with Crippen molar-refractivity contribution in [1.82, 2.24) is 5.32 Å². The molecule has 0 amide bonds. The standard InChI is InChI=1S/C14H27NO2S/c1-13(2)5-7-14(16,8-6-13)11-15-12-3-9-18(17)10-4-12/h12,15-16H,3-11H2,1-2H3. The number of aliphatic hydroxyl groups is 1. The fourth-order valence-electron chi connectivity index (χ4n) is 2.90. The van der Waals surface area contributed by atoms with Crippen molar-refractivity contribution >= 4 is 10.8 Å². The van der Waals surface area contributed by atoms with E-state index in [2.05, 4.69) is 19.2 Å². The van der Waals surface area contributed by atoms with Crippen molar-refractivity contribution < 1.29 is 9.32 Å². The maximum atomic E-state index is 11.3. The van der Waals surface area contributed by atoms with Gasteiger partial charge in [0.2, 0.25) is 0 Å². The second kappa shape index (κ2) is 5.59. The Labute approximate surface area is 113 Å². The lowest BCUT2D eigenvalue weighted by atomic mass is 9.71. The Morgan fingerprint density at radius 3 is 2.28 bits per heavy atom. The van der Waals surface area contributed by atoms with E-state index in [1.54, 1.807) is 0 Å². The first-order chi connectivity index (χ1) is 8.39. The lowest BCUT2D eigenvalue weighted by Crippen LogP contribution is -2.48. The third-order valence-electron chi connectivity index (χ3n) is 4.64. The Morgan fingerprint density at radius 1 is 1.17 bits per heavy atom. The monoisotopic (exact) mass is 273 g/mol. The van der Waals surface area contributed by atoms with Crippen LogP contribution in [0.2, 0.25) is 0 Å². The molecule has 3 nitrogen and oxygen atoms in total. The molecular weight excluding hydrogens is 246 g/mol. The van der Waals surface area contributed by atoms with Crippen molar-refractivity contribution in [1.29, 1.82) is 0 Å². The van der Waals surface area contributed by atoms with Crippen LogP contribution in [0.25, 0.3) is 0 Å².